The van der Waals surface area contributed by atoms with Gasteiger partial charge in [0.15, 0.2) is 5.84 Å². The van der Waals surface area contributed by atoms with Crippen molar-refractivity contribution in [1.29, 1.82) is 0 Å². The van der Waals surface area contributed by atoms with Crippen LogP contribution in [0, 0.1) is 11.6 Å². The Labute approximate surface area is 192 Å². The number of methoxy groups -OCH3 is 1. The molecule has 1 aliphatic rings. The highest BCUT2D eigenvalue weighted by atomic mass is 19.1. The van der Waals surface area contributed by atoms with Gasteiger partial charge >= 0.3 is 0 Å². The van der Waals surface area contributed by atoms with Gasteiger partial charge in [0.1, 0.15) is 17.4 Å². The summed E-state index contributed by atoms with van der Waals surface area (Å²) in [6, 6.07) is 8.82. The minimum Gasteiger partial charge on any atom is -0.495 e. The monoisotopic (exact) mass is 458 g/mol. The van der Waals surface area contributed by atoms with Gasteiger partial charge in [-0.05, 0) is 42.8 Å². The maximum atomic E-state index is 13.8. The highest BCUT2D eigenvalue weighted by Crippen LogP contribution is 2.36. The highest BCUT2D eigenvalue weighted by Gasteiger charge is 2.43. The number of allylic oxidation sites excluding steroid dienone is 1. The number of halogens is 2. The molecule has 3 N–H and O–H groups in total. The van der Waals surface area contributed by atoms with Crippen molar-refractivity contribution in [1.82, 2.24) is 10.2 Å². The first-order valence-electron chi connectivity index (χ1n) is 10.4. The Morgan fingerprint density at radius 1 is 1.21 bits per heavy atom. The lowest BCUT2D eigenvalue weighted by molar-refractivity contribution is -0.0935. The number of oxime groups is 1. The van der Waals surface area contributed by atoms with Crippen molar-refractivity contribution in [3.63, 3.8) is 0 Å². The topological polar surface area (TPSA) is 78.4 Å². The summed E-state index contributed by atoms with van der Waals surface area (Å²) >= 11 is 0. The predicted molar refractivity (Wildman–Crippen MR) is 124 cm³/mol. The van der Waals surface area contributed by atoms with E-state index in [4.69, 9.17) is 9.57 Å². The summed E-state index contributed by atoms with van der Waals surface area (Å²) in [6.45, 7) is 3.54. The fourth-order valence-corrected chi connectivity index (χ4v) is 3.39. The predicted octanol–water partition coefficient (Wildman–Crippen LogP) is 3.99. The molecule has 0 aromatic heterocycles. The Bertz CT molecular complexity index is 1070. The first kappa shape index (κ1) is 24.1. The van der Waals surface area contributed by atoms with Crippen LogP contribution in [0.3, 0.4) is 0 Å². The standard InChI is InChI=1S/C24H28F2N4O3/c1-16(27-3)15-28-21-7-5-17(11-22(21)32-4)6-8-23-29-33-24(2,30(23)9-10-31)18-12-19(25)14-20(26)13-18/h5-8,11-15,27-28,31H,9-10H2,1-4H3/b8-6+,16-15-. The van der Waals surface area contributed by atoms with Crippen molar-refractivity contribution in [3.8, 4) is 5.75 Å². The lowest BCUT2D eigenvalue weighted by Crippen LogP contribution is -2.45. The van der Waals surface area contributed by atoms with Crippen molar-refractivity contribution in [2.75, 3.05) is 32.6 Å². The molecule has 9 heteroatoms. The third-order valence-corrected chi connectivity index (χ3v) is 5.32. The molecule has 7 nitrogen and oxygen atoms in total. The number of amidine groups is 1. The van der Waals surface area contributed by atoms with Gasteiger partial charge in [-0.2, -0.15) is 0 Å². The SMILES string of the molecule is CN/C(C)=C\Nc1ccc(/C=C/C2=NOC(C)(c3cc(F)cc(F)c3)N2CCO)cc1OC. The third-order valence-electron chi connectivity index (χ3n) is 5.32. The number of anilines is 1. The second-order valence-corrected chi connectivity index (χ2v) is 7.57. The second kappa shape index (κ2) is 10.4. The molecule has 0 saturated heterocycles. The molecule has 2 aromatic rings. The highest BCUT2D eigenvalue weighted by molar-refractivity contribution is 5.97. The van der Waals surface area contributed by atoms with E-state index in [2.05, 4.69) is 15.8 Å². The van der Waals surface area contributed by atoms with Crippen LogP contribution in [0.25, 0.3) is 6.08 Å². The molecule has 2 aromatic carbocycles. The average Bonchev–Trinajstić information content (AvgIpc) is 3.12. The van der Waals surface area contributed by atoms with E-state index in [-0.39, 0.29) is 18.7 Å². The van der Waals surface area contributed by atoms with E-state index in [1.54, 1.807) is 25.0 Å². The minimum absolute atomic E-state index is 0.154. The molecule has 1 heterocycles. The van der Waals surface area contributed by atoms with Gasteiger partial charge in [0.25, 0.3) is 0 Å². The van der Waals surface area contributed by atoms with E-state index in [0.717, 1.165) is 23.0 Å². The second-order valence-electron chi connectivity index (χ2n) is 7.57. The van der Waals surface area contributed by atoms with Crippen molar-refractivity contribution in [2.24, 2.45) is 5.16 Å². The zero-order chi connectivity index (χ0) is 24.0. The van der Waals surface area contributed by atoms with Gasteiger partial charge in [-0.1, -0.05) is 17.3 Å². The summed E-state index contributed by atoms with van der Waals surface area (Å²) in [4.78, 5) is 7.25. The van der Waals surface area contributed by atoms with Crippen molar-refractivity contribution in [3.05, 3.63) is 77.1 Å². The summed E-state index contributed by atoms with van der Waals surface area (Å²) < 4.78 is 33.1. The van der Waals surface area contributed by atoms with Crippen LogP contribution >= 0.6 is 0 Å². The first-order valence-corrected chi connectivity index (χ1v) is 10.4. The number of rotatable bonds is 9. The number of nitrogens with zero attached hydrogens (tertiary/aromatic N) is 2. The lowest BCUT2D eigenvalue weighted by Gasteiger charge is -2.33. The lowest BCUT2D eigenvalue weighted by atomic mass is 10.0. The first-order chi connectivity index (χ1) is 15.8. The van der Waals surface area contributed by atoms with Crippen LogP contribution in [0.15, 0.2) is 59.5 Å². The van der Waals surface area contributed by atoms with Gasteiger partial charge in [0, 0.05) is 44.0 Å². The molecule has 176 valence electrons. The molecule has 1 atom stereocenters. The van der Waals surface area contributed by atoms with E-state index in [1.165, 1.54) is 12.1 Å². The van der Waals surface area contributed by atoms with Gasteiger partial charge < -0.3 is 30.2 Å². The molecular formula is C24H28F2N4O3. The van der Waals surface area contributed by atoms with Crippen molar-refractivity contribution >= 4 is 17.6 Å². The number of hydrogen-bond donors (Lipinski definition) is 3. The van der Waals surface area contributed by atoms with Crippen LogP contribution < -0.4 is 15.4 Å². The molecule has 0 bridgehead atoms. The molecular weight excluding hydrogens is 430 g/mol. The molecule has 0 aliphatic carbocycles. The minimum atomic E-state index is -1.27. The van der Waals surface area contributed by atoms with Crippen LogP contribution in [-0.4, -0.2) is 43.2 Å². The largest absolute Gasteiger partial charge is 0.495 e. The van der Waals surface area contributed by atoms with Gasteiger partial charge in [-0.3, -0.25) is 0 Å². The maximum Gasteiger partial charge on any atom is 0.234 e. The van der Waals surface area contributed by atoms with Gasteiger partial charge in [0.2, 0.25) is 5.72 Å². The molecule has 0 saturated carbocycles. The fraction of sp³-hybridized carbons (Fsp3) is 0.292. The van der Waals surface area contributed by atoms with Crippen LogP contribution in [0.5, 0.6) is 5.75 Å². The number of benzene rings is 2. The average molecular weight is 459 g/mol. The summed E-state index contributed by atoms with van der Waals surface area (Å²) in [6.07, 6.45) is 5.36. The Balaban J connectivity index is 1.84. The zero-order valence-electron chi connectivity index (χ0n) is 19.0. The number of β-amino-alcohol motifs (C(OH)–C–C–N with tert-alkyl or cyclic N) is 1. The van der Waals surface area contributed by atoms with Crippen LogP contribution in [-0.2, 0) is 10.6 Å². The van der Waals surface area contributed by atoms with E-state index < -0.39 is 17.4 Å². The zero-order valence-corrected chi connectivity index (χ0v) is 19.0. The molecule has 0 spiro atoms. The maximum absolute atomic E-state index is 13.8. The van der Waals surface area contributed by atoms with Crippen LogP contribution in [0.4, 0.5) is 14.5 Å². The van der Waals surface area contributed by atoms with Gasteiger partial charge in [-0.25, -0.2) is 8.78 Å². The number of nitrogens with one attached hydrogen (secondary N) is 2. The van der Waals surface area contributed by atoms with E-state index >= 15 is 0 Å². The Hall–Kier alpha value is -3.59. The number of aliphatic hydroxyl groups is 1. The Kier molecular flexibility index (Phi) is 7.55. The number of ether oxygens (including phenoxy) is 1. The quantitative estimate of drug-likeness (QED) is 0.528. The van der Waals surface area contributed by atoms with Crippen LogP contribution in [0.2, 0.25) is 0 Å². The molecule has 0 fully saturated rings. The van der Waals surface area contributed by atoms with Crippen LogP contribution in [0.1, 0.15) is 25.0 Å². The fourth-order valence-electron chi connectivity index (χ4n) is 3.39. The molecule has 0 radical (unpaired) electrons. The summed E-state index contributed by atoms with van der Waals surface area (Å²) in [5.41, 5.74) is 1.58. The molecule has 33 heavy (non-hydrogen) atoms. The Morgan fingerprint density at radius 2 is 1.94 bits per heavy atom. The number of aliphatic hydroxyl groups excluding tert-OH is 1. The number of hydrogen-bond acceptors (Lipinski definition) is 7. The van der Waals surface area contributed by atoms with Crippen molar-refractivity contribution in [2.45, 2.75) is 19.6 Å². The van der Waals surface area contributed by atoms with Gasteiger partial charge in [0.05, 0.1) is 19.4 Å². The molecule has 1 aliphatic heterocycles. The summed E-state index contributed by atoms with van der Waals surface area (Å²) in [5.74, 6) is -0.384. The Morgan fingerprint density at radius 3 is 2.58 bits per heavy atom. The summed E-state index contributed by atoms with van der Waals surface area (Å²) in [5, 5.41) is 19.9. The normalized spacial score (nSPS) is 18.3. The van der Waals surface area contributed by atoms with E-state index in [1.807, 2.05) is 44.4 Å². The van der Waals surface area contributed by atoms with Crippen molar-refractivity contribution < 1.29 is 23.5 Å². The molecule has 3 rings (SSSR count). The molecule has 0 amide bonds. The molecule has 1 unspecified atom stereocenters. The smallest absolute Gasteiger partial charge is 0.234 e. The summed E-state index contributed by atoms with van der Waals surface area (Å²) in [7, 11) is 3.42. The van der Waals surface area contributed by atoms with Gasteiger partial charge in [-0.15, -0.1) is 0 Å². The van der Waals surface area contributed by atoms with E-state index in [9.17, 15) is 13.9 Å². The van der Waals surface area contributed by atoms with E-state index in [0.29, 0.717) is 11.6 Å². The third kappa shape index (κ3) is 5.43.